The fourth-order valence-electron chi connectivity index (χ4n) is 2.19. The first-order chi connectivity index (χ1) is 9.36. The Morgan fingerprint density at radius 3 is 2.65 bits per heavy atom. The summed E-state index contributed by atoms with van der Waals surface area (Å²) >= 11 is 0. The highest BCUT2D eigenvalue weighted by Crippen LogP contribution is 2.41. The van der Waals surface area contributed by atoms with E-state index in [1.54, 1.807) is 25.9 Å². The minimum atomic E-state index is -0.856. The van der Waals surface area contributed by atoms with Crippen LogP contribution in [0, 0.1) is 17.0 Å². The zero-order chi connectivity index (χ0) is 14.9. The number of hydrogen-bond acceptors (Lipinski definition) is 4. The molecule has 0 atom stereocenters. The molecule has 0 aromatic carbocycles. The molecule has 108 valence electrons. The van der Waals surface area contributed by atoms with Crippen LogP contribution in [0.5, 0.6) is 0 Å². The molecule has 0 unspecified atom stereocenters. The molecule has 1 aliphatic rings. The Labute approximate surface area is 116 Å². The average molecular weight is 279 g/mol. The van der Waals surface area contributed by atoms with Crippen molar-refractivity contribution < 1.29 is 9.72 Å². The Morgan fingerprint density at radius 2 is 2.25 bits per heavy atom. The van der Waals surface area contributed by atoms with Crippen molar-refractivity contribution in [2.45, 2.75) is 31.7 Å². The third-order valence-electron chi connectivity index (χ3n) is 3.49. The van der Waals surface area contributed by atoms with Crippen LogP contribution in [-0.4, -0.2) is 45.9 Å². The van der Waals surface area contributed by atoms with E-state index in [2.05, 4.69) is 10.1 Å². The molecule has 1 saturated carbocycles. The molecule has 0 spiro atoms. The lowest BCUT2D eigenvalue weighted by Gasteiger charge is -2.38. The van der Waals surface area contributed by atoms with Crippen molar-refractivity contribution in [1.29, 1.82) is 0 Å². The molecule has 1 aromatic heterocycles. The van der Waals surface area contributed by atoms with E-state index in [0.29, 0.717) is 18.5 Å². The summed E-state index contributed by atoms with van der Waals surface area (Å²) in [6.07, 6.45) is 4.87. The first-order valence-electron chi connectivity index (χ1n) is 6.33. The number of hydrogen-bond donors (Lipinski definition) is 0. The molecule has 1 amide bonds. The molecule has 8 heteroatoms. The van der Waals surface area contributed by atoms with Gasteiger partial charge in [0.05, 0.1) is 11.3 Å². The van der Waals surface area contributed by atoms with Crippen molar-refractivity contribution in [1.82, 2.24) is 14.7 Å². The molecule has 0 radical (unpaired) electrons. The van der Waals surface area contributed by atoms with Gasteiger partial charge in [-0.1, -0.05) is 0 Å². The van der Waals surface area contributed by atoms with Gasteiger partial charge in [0.2, 0.25) is 0 Å². The molecule has 2 rings (SSSR count). The molecule has 0 aliphatic heterocycles. The third kappa shape index (κ3) is 2.28. The van der Waals surface area contributed by atoms with E-state index in [1.807, 2.05) is 0 Å². The molecule has 1 heterocycles. The number of aromatic nitrogens is 2. The lowest BCUT2D eigenvalue weighted by Crippen LogP contribution is -2.47. The van der Waals surface area contributed by atoms with E-state index in [4.69, 9.17) is 0 Å². The fraction of sp³-hybridized carbons (Fsp3) is 0.583. The summed E-state index contributed by atoms with van der Waals surface area (Å²) in [5.74, 6) is -0.310. The van der Waals surface area contributed by atoms with Crippen LogP contribution in [-0.2, 0) is 10.3 Å². The zero-order valence-corrected chi connectivity index (χ0v) is 11.7. The molecule has 0 N–H and O–H groups in total. The number of amides is 1. The molecular formula is C12H17N5O3. The van der Waals surface area contributed by atoms with Crippen LogP contribution in [0.3, 0.4) is 0 Å². The topological polar surface area (TPSA) is 93.6 Å². The Balaban J connectivity index is 2.34. The van der Waals surface area contributed by atoms with Crippen LogP contribution in [0.2, 0.25) is 0 Å². The maximum atomic E-state index is 12.3. The summed E-state index contributed by atoms with van der Waals surface area (Å²) in [4.78, 5) is 28.3. The summed E-state index contributed by atoms with van der Waals surface area (Å²) < 4.78 is 1.42. The number of carbonyl (C=O) groups is 1. The van der Waals surface area contributed by atoms with Gasteiger partial charge in [-0.25, -0.2) is 9.67 Å². The number of nitro groups is 1. The van der Waals surface area contributed by atoms with Gasteiger partial charge in [-0.2, -0.15) is 5.10 Å². The van der Waals surface area contributed by atoms with E-state index >= 15 is 0 Å². The fourth-order valence-corrected chi connectivity index (χ4v) is 2.19. The highest BCUT2D eigenvalue weighted by Gasteiger charge is 2.47. The number of nitrogens with zero attached hydrogens (tertiary/aromatic N) is 5. The van der Waals surface area contributed by atoms with Crippen molar-refractivity contribution in [2.24, 2.45) is 4.99 Å². The summed E-state index contributed by atoms with van der Waals surface area (Å²) in [6.45, 7) is 1.56. The monoisotopic (exact) mass is 279 g/mol. The van der Waals surface area contributed by atoms with Crippen LogP contribution in [0.15, 0.2) is 11.2 Å². The van der Waals surface area contributed by atoms with Crippen molar-refractivity contribution in [2.75, 3.05) is 14.1 Å². The summed E-state index contributed by atoms with van der Waals surface area (Å²) in [7, 11) is 3.54. The van der Waals surface area contributed by atoms with Gasteiger partial charge < -0.3 is 4.90 Å². The predicted molar refractivity (Wildman–Crippen MR) is 72.6 cm³/mol. The van der Waals surface area contributed by atoms with Gasteiger partial charge in [0.25, 0.3) is 5.91 Å². The van der Waals surface area contributed by atoms with Crippen molar-refractivity contribution >= 4 is 17.9 Å². The third-order valence-corrected chi connectivity index (χ3v) is 3.49. The van der Waals surface area contributed by atoms with E-state index < -0.39 is 10.5 Å². The lowest BCUT2D eigenvalue weighted by atomic mass is 9.76. The second kappa shape index (κ2) is 5.03. The Hall–Kier alpha value is -2.25. The van der Waals surface area contributed by atoms with Crippen molar-refractivity contribution in [3.63, 3.8) is 0 Å². The number of carbonyl (C=O) groups excluding carboxylic acids is 1. The van der Waals surface area contributed by atoms with Gasteiger partial charge in [-0.15, -0.1) is 0 Å². The molecular weight excluding hydrogens is 262 g/mol. The van der Waals surface area contributed by atoms with Gasteiger partial charge in [-0.3, -0.25) is 14.9 Å². The Kier molecular flexibility index (Phi) is 3.56. The van der Waals surface area contributed by atoms with Gasteiger partial charge in [0, 0.05) is 14.1 Å². The molecule has 1 aliphatic carbocycles. The van der Waals surface area contributed by atoms with Gasteiger partial charge in [0.1, 0.15) is 17.4 Å². The molecule has 0 saturated heterocycles. The molecule has 1 fully saturated rings. The summed E-state index contributed by atoms with van der Waals surface area (Å²) in [5.41, 5.74) is -0.614. The molecule has 20 heavy (non-hydrogen) atoms. The van der Waals surface area contributed by atoms with E-state index in [0.717, 1.165) is 6.42 Å². The van der Waals surface area contributed by atoms with E-state index in [1.165, 1.54) is 17.2 Å². The van der Waals surface area contributed by atoms with Gasteiger partial charge in [-0.05, 0) is 26.2 Å². The summed E-state index contributed by atoms with van der Waals surface area (Å²) in [6, 6.07) is 0. The largest absolute Gasteiger partial charge is 0.369 e. The zero-order valence-electron chi connectivity index (χ0n) is 11.7. The first kappa shape index (κ1) is 14.2. The summed E-state index contributed by atoms with van der Waals surface area (Å²) in [5, 5.41) is 15.0. The SMILES string of the molecule is Cc1nn(C2(C(=O)/N=C/N(C)C)CCC2)cc1[N+](=O)[O-]. The van der Waals surface area contributed by atoms with E-state index in [9.17, 15) is 14.9 Å². The van der Waals surface area contributed by atoms with E-state index in [-0.39, 0.29) is 11.6 Å². The average Bonchev–Trinajstić information content (AvgIpc) is 2.67. The molecule has 1 aromatic rings. The standard InChI is InChI=1S/C12H17N5O3/c1-9-10(17(19)20)7-16(14-9)12(5-4-6-12)11(18)13-8-15(2)3/h7-8H,4-6H2,1-3H3/b13-8+. The van der Waals surface area contributed by atoms with Crippen molar-refractivity contribution in [3.05, 3.63) is 22.0 Å². The van der Waals surface area contributed by atoms with Gasteiger partial charge in [0.15, 0.2) is 0 Å². The first-order valence-corrected chi connectivity index (χ1v) is 6.33. The normalized spacial score (nSPS) is 16.9. The number of rotatable bonds is 4. The minimum absolute atomic E-state index is 0.0688. The highest BCUT2D eigenvalue weighted by atomic mass is 16.6. The number of aliphatic imine (C=N–C) groups is 1. The second-order valence-electron chi connectivity index (χ2n) is 5.20. The Morgan fingerprint density at radius 1 is 1.60 bits per heavy atom. The minimum Gasteiger partial charge on any atom is -0.369 e. The highest BCUT2D eigenvalue weighted by molar-refractivity contribution is 5.91. The van der Waals surface area contributed by atoms with Crippen LogP contribution >= 0.6 is 0 Å². The van der Waals surface area contributed by atoms with Crippen LogP contribution in [0.4, 0.5) is 5.69 Å². The number of aryl methyl sites for hydroxylation is 1. The van der Waals surface area contributed by atoms with Crippen LogP contribution in [0.1, 0.15) is 25.0 Å². The lowest BCUT2D eigenvalue weighted by molar-refractivity contribution is -0.385. The maximum absolute atomic E-state index is 12.3. The maximum Gasteiger partial charge on any atom is 0.309 e. The van der Waals surface area contributed by atoms with Crippen molar-refractivity contribution in [3.8, 4) is 0 Å². The molecule has 0 bridgehead atoms. The smallest absolute Gasteiger partial charge is 0.309 e. The quantitative estimate of drug-likeness (QED) is 0.356. The predicted octanol–water partition coefficient (Wildman–Crippen LogP) is 1.10. The van der Waals surface area contributed by atoms with Crippen LogP contribution < -0.4 is 0 Å². The molecule has 8 nitrogen and oxygen atoms in total. The van der Waals surface area contributed by atoms with Crippen LogP contribution in [0.25, 0.3) is 0 Å². The Bertz CT molecular complexity index is 572. The van der Waals surface area contributed by atoms with Gasteiger partial charge >= 0.3 is 5.69 Å². The second-order valence-corrected chi connectivity index (χ2v) is 5.20.